The van der Waals surface area contributed by atoms with Crippen LogP contribution in [-0.2, 0) is 0 Å². The van der Waals surface area contributed by atoms with Crippen molar-refractivity contribution in [2.45, 2.75) is 25.7 Å². The Labute approximate surface area is 142 Å². The van der Waals surface area contributed by atoms with Crippen molar-refractivity contribution >= 4 is 83.4 Å². The predicted molar refractivity (Wildman–Crippen MR) is 87.5 cm³/mol. The Balaban J connectivity index is 1.54. The van der Waals surface area contributed by atoms with Crippen LogP contribution in [0.5, 0.6) is 0 Å². The first-order valence-corrected chi connectivity index (χ1v) is 14.9. The summed E-state index contributed by atoms with van der Waals surface area (Å²) < 4.78 is 11.5. The summed E-state index contributed by atoms with van der Waals surface area (Å²) in [5.74, 6) is 2.81. The van der Waals surface area contributed by atoms with Crippen LogP contribution in [0.15, 0.2) is 23.3 Å². The fraction of sp³-hybridized carbons (Fsp3) is 0.500. The molecule has 0 bridgehead atoms. The van der Waals surface area contributed by atoms with E-state index in [1.165, 1.54) is 37.2 Å². The Bertz CT molecular complexity index is 408. The van der Waals surface area contributed by atoms with Gasteiger partial charge < -0.3 is 0 Å². The molecule has 0 spiro atoms. The number of thioether (sulfide) groups is 2. The van der Waals surface area contributed by atoms with Crippen molar-refractivity contribution in [1.29, 1.82) is 0 Å². The van der Waals surface area contributed by atoms with Gasteiger partial charge in [-0.2, -0.15) is 0 Å². The van der Waals surface area contributed by atoms with Crippen molar-refractivity contribution < 1.29 is 0 Å². The van der Waals surface area contributed by atoms with Crippen molar-refractivity contribution in [1.82, 2.24) is 0 Å². The molecular formula is C12H12S2Se4. The molecule has 0 fully saturated rings. The molecule has 18 heavy (non-hydrogen) atoms. The summed E-state index contributed by atoms with van der Waals surface area (Å²) in [6.07, 6.45) is 5.79. The zero-order valence-electron chi connectivity index (χ0n) is 9.69. The van der Waals surface area contributed by atoms with Gasteiger partial charge in [0.05, 0.1) is 0 Å². The van der Waals surface area contributed by atoms with E-state index in [-0.39, 0.29) is 0 Å². The van der Waals surface area contributed by atoms with E-state index in [0.717, 1.165) is 59.8 Å². The van der Waals surface area contributed by atoms with Crippen LogP contribution in [0.25, 0.3) is 0 Å². The third-order valence-corrected chi connectivity index (χ3v) is 23.3. The maximum atomic E-state index is 2.21. The second-order valence-electron chi connectivity index (χ2n) is 4.31. The Kier molecular flexibility index (Phi) is 4.56. The van der Waals surface area contributed by atoms with E-state index in [1.54, 1.807) is 0 Å². The molecule has 0 saturated heterocycles. The van der Waals surface area contributed by atoms with Crippen LogP contribution in [0.4, 0.5) is 0 Å². The Hall–Kier alpha value is 2.00. The summed E-state index contributed by atoms with van der Waals surface area (Å²) in [6.45, 7) is 0. The minimum absolute atomic E-state index is 0.776. The van der Waals surface area contributed by atoms with E-state index in [9.17, 15) is 0 Å². The minimum atomic E-state index is 0.776. The van der Waals surface area contributed by atoms with Gasteiger partial charge in [-0.15, -0.1) is 0 Å². The average molecular weight is 536 g/mol. The average Bonchev–Trinajstić information content (AvgIpc) is 3.02. The molecule has 0 radical (unpaired) electrons. The fourth-order valence-electron chi connectivity index (χ4n) is 2.12. The van der Waals surface area contributed by atoms with E-state index in [4.69, 9.17) is 0 Å². The molecule has 0 aromatic carbocycles. The van der Waals surface area contributed by atoms with Crippen molar-refractivity contribution in [3.8, 4) is 0 Å². The van der Waals surface area contributed by atoms with Crippen LogP contribution < -0.4 is 0 Å². The van der Waals surface area contributed by atoms with Gasteiger partial charge in [-0.25, -0.2) is 0 Å². The summed E-state index contributed by atoms with van der Waals surface area (Å²) in [6, 6.07) is 0. The van der Waals surface area contributed by atoms with Gasteiger partial charge in [0.25, 0.3) is 0 Å². The molecule has 4 rings (SSSR count). The maximum absolute atomic E-state index is 2.21. The molecule has 0 aromatic heterocycles. The molecule has 0 aromatic rings. The summed E-state index contributed by atoms with van der Waals surface area (Å²) in [7, 11) is 0. The van der Waals surface area contributed by atoms with Gasteiger partial charge in [0, 0.05) is 0 Å². The van der Waals surface area contributed by atoms with Crippen LogP contribution >= 0.6 is 23.5 Å². The first-order valence-electron chi connectivity index (χ1n) is 6.08. The normalized spacial score (nSPS) is 32.0. The third-order valence-electron chi connectivity index (χ3n) is 2.99. The molecule has 0 nitrogen and oxygen atoms in total. The van der Waals surface area contributed by atoms with Crippen molar-refractivity contribution in [3.63, 3.8) is 0 Å². The van der Waals surface area contributed by atoms with E-state index >= 15 is 0 Å². The SMILES string of the molecule is C1CSC2=C(C1)[Se]/C(=C1\[Se]C3=C(SCCC3)[Se]1)[Se]2. The second-order valence-corrected chi connectivity index (χ2v) is 19.2. The van der Waals surface area contributed by atoms with Gasteiger partial charge in [0.1, 0.15) is 0 Å². The van der Waals surface area contributed by atoms with Crippen LogP contribution in [0.1, 0.15) is 25.7 Å². The van der Waals surface area contributed by atoms with Crippen LogP contribution in [0.3, 0.4) is 0 Å². The molecule has 4 aliphatic heterocycles. The van der Waals surface area contributed by atoms with E-state index in [1.807, 2.05) is 23.3 Å². The number of allylic oxidation sites excluding steroid dienone is 2. The van der Waals surface area contributed by atoms with E-state index in [0.29, 0.717) is 0 Å². The van der Waals surface area contributed by atoms with Crippen molar-refractivity contribution in [2.75, 3.05) is 11.5 Å². The molecule has 6 heteroatoms. The Morgan fingerprint density at radius 3 is 1.61 bits per heavy atom. The second kappa shape index (κ2) is 6.01. The topological polar surface area (TPSA) is 0 Å². The van der Waals surface area contributed by atoms with Crippen molar-refractivity contribution in [2.24, 2.45) is 0 Å². The molecule has 0 atom stereocenters. The summed E-state index contributed by atoms with van der Waals surface area (Å²) in [5, 5.41) is 0. The van der Waals surface area contributed by atoms with Gasteiger partial charge in [-0.05, 0) is 0 Å². The Morgan fingerprint density at radius 2 is 1.17 bits per heavy atom. The quantitative estimate of drug-likeness (QED) is 0.437. The molecule has 96 valence electrons. The van der Waals surface area contributed by atoms with Crippen molar-refractivity contribution in [3.05, 3.63) is 23.3 Å². The van der Waals surface area contributed by atoms with Crippen LogP contribution in [-0.4, -0.2) is 71.3 Å². The van der Waals surface area contributed by atoms with Gasteiger partial charge >= 0.3 is 144 Å². The van der Waals surface area contributed by atoms with E-state index < -0.39 is 0 Å². The molecule has 0 N–H and O–H groups in total. The van der Waals surface area contributed by atoms with E-state index in [2.05, 4.69) is 23.5 Å². The van der Waals surface area contributed by atoms with Gasteiger partial charge in [0.15, 0.2) is 0 Å². The van der Waals surface area contributed by atoms with Gasteiger partial charge in [-0.1, -0.05) is 0 Å². The van der Waals surface area contributed by atoms with Gasteiger partial charge in [0.2, 0.25) is 0 Å². The zero-order valence-corrected chi connectivity index (χ0v) is 18.2. The number of hydrogen-bond donors (Lipinski definition) is 0. The zero-order chi connectivity index (χ0) is 11.9. The molecular weight excluding hydrogens is 524 g/mol. The Morgan fingerprint density at radius 1 is 0.667 bits per heavy atom. The summed E-state index contributed by atoms with van der Waals surface area (Å²) in [4.78, 5) is 0. The standard InChI is InChI=1S/C12H12S2Se4/c1-3-7-9(13-5-1)17-11(15-7)12-16-8-4-2-6-14-10(8)18-12/h1-6H2/b12-11-. The molecule has 0 unspecified atom stereocenters. The van der Waals surface area contributed by atoms with Crippen LogP contribution in [0, 0.1) is 0 Å². The molecule has 0 saturated carbocycles. The number of hydrogen-bond acceptors (Lipinski definition) is 2. The molecule has 0 amide bonds. The monoisotopic (exact) mass is 540 g/mol. The fourth-order valence-corrected chi connectivity index (χ4v) is 24.0. The summed E-state index contributed by atoms with van der Waals surface area (Å²) in [5.41, 5.74) is 0. The van der Waals surface area contributed by atoms with Gasteiger partial charge in [-0.3, -0.25) is 0 Å². The molecule has 0 aliphatic carbocycles. The predicted octanol–water partition coefficient (Wildman–Crippen LogP) is 2.35. The number of rotatable bonds is 0. The summed E-state index contributed by atoms with van der Waals surface area (Å²) >= 11 is 7.55. The first kappa shape index (κ1) is 13.6. The third kappa shape index (κ3) is 2.69. The molecule has 4 aliphatic rings. The van der Waals surface area contributed by atoms with Crippen LogP contribution in [0.2, 0.25) is 0 Å². The first-order chi connectivity index (χ1) is 8.90. The molecule has 4 heterocycles.